The molecule has 25 heavy (non-hydrogen) atoms. The lowest BCUT2D eigenvalue weighted by molar-refractivity contribution is 0.395. The van der Waals surface area contributed by atoms with E-state index in [1.807, 2.05) is 73.4 Å². The minimum absolute atomic E-state index is 0.344. The molecule has 2 aromatic heterocycles. The van der Waals surface area contributed by atoms with Gasteiger partial charge in [-0.1, -0.05) is 18.2 Å². The summed E-state index contributed by atoms with van der Waals surface area (Å²) in [6.45, 7) is 4.48. The van der Waals surface area contributed by atoms with Gasteiger partial charge in [-0.2, -0.15) is 4.31 Å². The topological polar surface area (TPSA) is 42.3 Å². The summed E-state index contributed by atoms with van der Waals surface area (Å²) in [5.74, 6) is 0. The number of nitrogens with zero attached hydrogens (tertiary/aromatic N) is 2. The van der Waals surface area contributed by atoms with Gasteiger partial charge in [0.1, 0.15) is 0 Å². The van der Waals surface area contributed by atoms with Crippen LogP contribution in [0.1, 0.15) is 21.7 Å². The van der Waals surface area contributed by atoms with Gasteiger partial charge in [-0.15, -0.1) is 11.3 Å². The van der Waals surface area contributed by atoms with Crippen molar-refractivity contribution in [1.82, 2.24) is 8.87 Å². The van der Waals surface area contributed by atoms with Crippen LogP contribution in [-0.2, 0) is 30.2 Å². The van der Waals surface area contributed by atoms with E-state index in [0.29, 0.717) is 18.0 Å². The Morgan fingerprint density at radius 3 is 2.52 bits per heavy atom. The zero-order valence-electron chi connectivity index (χ0n) is 14.6. The van der Waals surface area contributed by atoms with E-state index >= 15 is 0 Å². The fourth-order valence-electron chi connectivity index (χ4n) is 2.77. The van der Waals surface area contributed by atoms with E-state index in [9.17, 15) is 8.42 Å². The number of aryl methyl sites for hydroxylation is 3. The summed E-state index contributed by atoms with van der Waals surface area (Å²) in [6, 6.07) is 13.4. The van der Waals surface area contributed by atoms with Gasteiger partial charge in [0.05, 0.1) is 11.4 Å². The molecule has 3 aromatic rings. The molecule has 0 aliphatic rings. The van der Waals surface area contributed by atoms with Crippen LogP contribution in [0.5, 0.6) is 0 Å². The first kappa shape index (κ1) is 17.9. The second kappa shape index (κ2) is 7.15. The van der Waals surface area contributed by atoms with Crippen molar-refractivity contribution in [3.63, 3.8) is 0 Å². The number of rotatable bonds is 6. The van der Waals surface area contributed by atoms with E-state index in [1.165, 1.54) is 0 Å². The highest BCUT2D eigenvalue weighted by Gasteiger charge is 2.27. The Balaban J connectivity index is 2.02. The lowest BCUT2D eigenvalue weighted by Crippen LogP contribution is -2.31. The molecule has 0 amide bonds. The van der Waals surface area contributed by atoms with Gasteiger partial charge in [0.15, 0.2) is 0 Å². The predicted octanol–water partition coefficient (Wildman–Crippen LogP) is 4.09. The third-order valence-electron chi connectivity index (χ3n) is 4.26. The van der Waals surface area contributed by atoms with Crippen molar-refractivity contribution in [1.29, 1.82) is 0 Å². The lowest BCUT2D eigenvalue weighted by Gasteiger charge is -2.23. The van der Waals surface area contributed by atoms with Gasteiger partial charge in [-0.25, -0.2) is 8.42 Å². The molecular formula is C19H22N2O2S2. The van der Waals surface area contributed by atoms with Crippen LogP contribution in [0.25, 0.3) is 0 Å². The van der Waals surface area contributed by atoms with Crippen molar-refractivity contribution in [3.05, 3.63) is 75.7 Å². The molecule has 0 atom stereocenters. The molecule has 132 valence electrons. The van der Waals surface area contributed by atoms with E-state index < -0.39 is 10.0 Å². The van der Waals surface area contributed by atoms with Gasteiger partial charge >= 0.3 is 0 Å². The molecule has 1 aromatic carbocycles. The minimum Gasteiger partial charge on any atom is -0.353 e. The number of benzene rings is 1. The first-order valence-electron chi connectivity index (χ1n) is 8.08. The highest BCUT2D eigenvalue weighted by atomic mass is 32.2. The van der Waals surface area contributed by atoms with Crippen LogP contribution in [0.15, 0.2) is 58.9 Å². The van der Waals surface area contributed by atoms with E-state index in [4.69, 9.17) is 0 Å². The summed E-state index contributed by atoms with van der Waals surface area (Å²) in [5.41, 5.74) is 2.68. The monoisotopic (exact) mass is 374 g/mol. The first-order chi connectivity index (χ1) is 11.9. The summed E-state index contributed by atoms with van der Waals surface area (Å²) < 4.78 is 30.3. The molecule has 0 aliphatic carbocycles. The summed E-state index contributed by atoms with van der Waals surface area (Å²) in [4.78, 5) is 1.42. The van der Waals surface area contributed by atoms with Crippen LogP contribution in [-0.4, -0.2) is 17.3 Å². The zero-order valence-corrected chi connectivity index (χ0v) is 16.3. The van der Waals surface area contributed by atoms with E-state index in [2.05, 4.69) is 0 Å². The maximum atomic E-state index is 13.4. The Kier molecular flexibility index (Phi) is 5.13. The lowest BCUT2D eigenvalue weighted by atomic mass is 10.2. The molecule has 0 unspecified atom stereocenters. The zero-order chi connectivity index (χ0) is 18.0. The van der Waals surface area contributed by atoms with Crippen LogP contribution >= 0.6 is 11.3 Å². The average molecular weight is 375 g/mol. The van der Waals surface area contributed by atoms with Gasteiger partial charge in [-0.3, -0.25) is 0 Å². The van der Waals surface area contributed by atoms with E-state index in [-0.39, 0.29) is 0 Å². The predicted molar refractivity (Wildman–Crippen MR) is 102 cm³/mol. The number of hydrogen-bond acceptors (Lipinski definition) is 3. The highest BCUT2D eigenvalue weighted by Crippen LogP contribution is 2.26. The van der Waals surface area contributed by atoms with Crippen molar-refractivity contribution in [3.8, 4) is 0 Å². The average Bonchev–Trinajstić information content (AvgIpc) is 3.21. The fourth-order valence-corrected chi connectivity index (χ4v) is 5.27. The van der Waals surface area contributed by atoms with Crippen molar-refractivity contribution >= 4 is 21.4 Å². The number of aromatic nitrogens is 1. The molecular weight excluding hydrogens is 352 g/mol. The van der Waals surface area contributed by atoms with Gasteiger partial charge in [0.25, 0.3) is 0 Å². The second-order valence-corrected chi connectivity index (χ2v) is 9.17. The standard InChI is InChI=1S/C19H22N2O2S2/c1-15-8-9-16(2)19(12-15)25(22,23)21(14-18-7-5-11-24-18)13-17-6-4-10-20(17)3/h4-12H,13-14H2,1-3H3. The molecule has 0 fully saturated rings. The fraction of sp³-hybridized carbons (Fsp3) is 0.263. The third kappa shape index (κ3) is 3.86. The first-order valence-corrected chi connectivity index (χ1v) is 10.4. The summed E-state index contributed by atoms with van der Waals surface area (Å²) >= 11 is 1.57. The second-order valence-electron chi connectivity index (χ2n) is 6.23. The smallest absolute Gasteiger partial charge is 0.244 e. The molecule has 6 heteroatoms. The van der Waals surface area contributed by atoms with Crippen LogP contribution in [0.2, 0.25) is 0 Å². The van der Waals surface area contributed by atoms with Crippen LogP contribution in [0.4, 0.5) is 0 Å². The highest BCUT2D eigenvalue weighted by molar-refractivity contribution is 7.89. The molecule has 3 rings (SSSR count). The molecule has 0 radical (unpaired) electrons. The Morgan fingerprint density at radius 1 is 1.08 bits per heavy atom. The Bertz CT molecular complexity index is 957. The van der Waals surface area contributed by atoms with Crippen LogP contribution in [0.3, 0.4) is 0 Å². The normalized spacial score (nSPS) is 12.0. The van der Waals surface area contributed by atoms with Crippen molar-refractivity contribution < 1.29 is 8.42 Å². The SMILES string of the molecule is Cc1ccc(C)c(S(=O)(=O)N(Cc2cccs2)Cc2cccn2C)c1. The summed E-state index contributed by atoms with van der Waals surface area (Å²) in [7, 11) is -1.66. The number of hydrogen-bond donors (Lipinski definition) is 0. The molecule has 0 N–H and O–H groups in total. The quantitative estimate of drug-likeness (QED) is 0.652. The van der Waals surface area contributed by atoms with E-state index in [1.54, 1.807) is 21.7 Å². The summed E-state index contributed by atoms with van der Waals surface area (Å²) in [5, 5.41) is 1.97. The maximum absolute atomic E-state index is 13.4. The van der Waals surface area contributed by atoms with Crippen LogP contribution in [0, 0.1) is 13.8 Å². The molecule has 0 saturated carbocycles. The maximum Gasteiger partial charge on any atom is 0.244 e. The molecule has 0 aliphatic heterocycles. The van der Waals surface area contributed by atoms with Gasteiger partial charge in [0.2, 0.25) is 10.0 Å². The molecule has 2 heterocycles. The van der Waals surface area contributed by atoms with Gasteiger partial charge < -0.3 is 4.57 Å². The van der Waals surface area contributed by atoms with Crippen LogP contribution < -0.4 is 0 Å². The Labute approximate surface area is 153 Å². The molecule has 0 bridgehead atoms. The molecule has 0 spiro atoms. The van der Waals surface area contributed by atoms with Gasteiger partial charge in [0, 0.05) is 30.4 Å². The Hall–Kier alpha value is -1.89. The number of thiophene rings is 1. The number of sulfonamides is 1. The van der Waals surface area contributed by atoms with Gasteiger partial charge in [-0.05, 0) is 54.6 Å². The van der Waals surface area contributed by atoms with Crippen molar-refractivity contribution in [2.45, 2.75) is 31.8 Å². The largest absolute Gasteiger partial charge is 0.353 e. The molecule has 4 nitrogen and oxygen atoms in total. The summed E-state index contributed by atoms with van der Waals surface area (Å²) in [6.07, 6.45) is 1.93. The minimum atomic E-state index is -3.60. The molecule has 0 saturated heterocycles. The van der Waals surface area contributed by atoms with E-state index in [0.717, 1.165) is 21.7 Å². The van der Waals surface area contributed by atoms with Crippen molar-refractivity contribution in [2.24, 2.45) is 7.05 Å². The third-order valence-corrected chi connectivity index (χ3v) is 7.06. The van der Waals surface area contributed by atoms with Crippen molar-refractivity contribution in [2.75, 3.05) is 0 Å². The Morgan fingerprint density at radius 2 is 1.88 bits per heavy atom.